The quantitative estimate of drug-likeness (QED) is 0.326. The van der Waals surface area contributed by atoms with E-state index in [2.05, 4.69) is 21.3 Å². The van der Waals surface area contributed by atoms with Gasteiger partial charge in [-0.15, -0.1) is 24.0 Å². The number of ether oxygens (including phenoxy) is 1. The zero-order valence-electron chi connectivity index (χ0n) is 14.7. The van der Waals surface area contributed by atoms with E-state index in [1.54, 1.807) is 13.1 Å². The first-order chi connectivity index (χ1) is 11.7. The lowest BCUT2D eigenvalue weighted by Crippen LogP contribution is -2.48. The minimum atomic E-state index is -0.126. The number of piperidine rings is 1. The lowest BCUT2D eigenvalue weighted by molar-refractivity contribution is -0.149. The third kappa shape index (κ3) is 6.20. The fourth-order valence-electron chi connectivity index (χ4n) is 2.89. The number of likely N-dealkylation sites (tertiary alicyclic amines) is 1. The number of carbonyl (C=O) groups is 1. The van der Waals surface area contributed by atoms with E-state index < -0.39 is 0 Å². The van der Waals surface area contributed by atoms with Gasteiger partial charge in [0.05, 0.1) is 24.2 Å². The monoisotopic (exact) mass is 456 g/mol. The van der Waals surface area contributed by atoms with Gasteiger partial charge in [-0.1, -0.05) is 12.1 Å². The number of benzene rings is 1. The highest BCUT2D eigenvalue weighted by Crippen LogP contribution is 2.18. The second-order valence-electron chi connectivity index (χ2n) is 5.75. The summed E-state index contributed by atoms with van der Waals surface area (Å²) in [5.74, 6) is 0.546. The van der Waals surface area contributed by atoms with E-state index in [1.165, 1.54) is 0 Å². The average molecular weight is 456 g/mol. The van der Waals surface area contributed by atoms with E-state index in [0.29, 0.717) is 25.3 Å². The summed E-state index contributed by atoms with van der Waals surface area (Å²) in [4.78, 5) is 18.4. The maximum atomic E-state index is 12.0. The van der Waals surface area contributed by atoms with Gasteiger partial charge in [0.25, 0.3) is 0 Å². The third-order valence-corrected chi connectivity index (χ3v) is 4.06. The number of nitrogens with zero attached hydrogens (tertiary/aromatic N) is 3. The Balaban J connectivity index is 0.00000312. The zero-order chi connectivity index (χ0) is 17.4. The molecule has 6 nitrogen and oxygen atoms in total. The van der Waals surface area contributed by atoms with Gasteiger partial charge in [-0.3, -0.25) is 9.79 Å². The lowest BCUT2D eigenvalue weighted by atomic mass is 9.98. The van der Waals surface area contributed by atoms with Crippen molar-refractivity contribution in [3.63, 3.8) is 0 Å². The number of carbonyl (C=O) groups excluding carboxylic acids is 1. The van der Waals surface area contributed by atoms with Gasteiger partial charge in [-0.05, 0) is 37.5 Å². The molecule has 0 radical (unpaired) electrons. The molecule has 1 aliphatic rings. The van der Waals surface area contributed by atoms with E-state index in [-0.39, 0.29) is 35.9 Å². The van der Waals surface area contributed by atoms with Crippen LogP contribution >= 0.6 is 24.0 Å². The molecule has 1 aromatic carbocycles. The zero-order valence-corrected chi connectivity index (χ0v) is 17.0. The molecule has 7 heteroatoms. The molecule has 0 spiro atoms. The second-order valence-corrected chi connectivity index (χ2v) is 5.75. The summed E-state index contributed by atoms with van der Waals surface area (Å²) in [6.07, 6.45) is 1.80. The maximum absolute atomic E-state index is 12.0. The van der Waals surface area contributed by atoms with Crippen molar-refractivity contribution in [2.45, 2.75) is 26.3 Å². The first-order valence-electron chi connectivity index (χ1n) is 8.29. The van der Waals surface area contributed by atoms with Crippen LogP contribution in [0.4, 0.5) is 0 Å². The van der Waals surface area contributed by atoms with Gasteiger partial charge in [0.2, 0.25) is 0 Å². The number of nitrogens with one attached hydrogen (secondary N) is 1. The highest BCUT2D eigenvalue weighted by molar-refractivity contribution is 14.0. The molecule has 1 aliphatic heterocycles. The predicted octanol–water partition coefficient (Wildman–Crippen LogP) is 2.53. The van der Waals surface area contributed by atoms with Crippen molar-refractivity contribution in [3.8, 4) is 6.07 Å². The number of nitriles is 1. The Morgan fingerprint density at radius 2 is 2.32 bits per heavy atom. The summed E-state index contributed by atoms with van der Waals surface area (Å²) < 4.78 is 5.14. The van der Waals surface area contributed by atoms with Crippen LogP contribution in [0.3, 0.4) is 0 Å². The molecule has 25 heavy (non-hydrogen) atoms. The van der Waals surface area contributed by atoms with Crippen LogP contribution in [0, 0.1) is 17.2 Å². The highest BCUT2D eigenvalue weighted by atomic mass is 127. The van der Waals surface area contributed by atoms with Crippen LogP contribution in [0.5, 0.6) is 0 Å². The number of hydrogen-bond acceptors (Lipinski definition) is 4. The average Bonchev–Trinajstić information content (AvgIpc) is 2.63. The first-order valence-corrected chi connectivity index (χ1v) is 8.29. The summed E-state index contributed by atoms with van der Waals surface area (Å²) in [7, 11) is 1.74. The molecule has 1 N–H and O–H groups in total. The Morgan fingerprint density at radius 3 is 3.00 bits per heavy atom. The van der Waals surface area contributed by atoms with Crippen molar-refractivity contribution in [2.24, 2.45) is 10.9 Å². The molecule has 136 valence electrons. The molecule has 0 saturated carbocycles. The van der Waals surface area contributed by atoms with Gasteiger partial charge in [0.15, 0.2) is 5.96 Å². The normalized spacial score (nSPS) is 17.2. The highest BCUT2D eigenvalue weighted by Gasteiger charge is 2.28. The number of hydrogen-bond donors (Lipinski definition) is 1. The molecule has 2 rings (SSSR count). The number of guanidine groups is 1. The van der Waals surface area contributed by atoms with Crippen molar-refractivity contribution in [1.82, 2.24) is 10.2 Å². The number of halogens is 1. The van der Waals surface area contributed by atoms with Crippen molar-refractivity contribution in [1.29, 1.82) is 5.26 Å². The lowest BCUT2D eigenvalue weighted by Gasteiger charge is -2.34. The standard InChI is InChI=1S/C18H24N4O2.HI/c1-3-24-17(23)16-8-5-9-22(13-16)18(20-2)21-12-15-7-4-6-14(10-15)11-19;/h4,6-7,10,16H,3,5,8-9,12-13H2,1-2H3,(H,20,21);1H. The Labute approximate surface area is 166 Å². The molecular formula is C18H25IN4O2. The van der Waals surface area contributed by atoms with Crippen LogP contribution < -0.4 is 5.32 Å². The minimum absolute atomic E-state index is 0. The summed E-state index contributed by atoms with van der Waals surface area (Å²) in [6, 6.07) is 9.63. The molecular weight excluding hydrogens is 431 g/mol. The van der Waals surface area contributed by atoms with Crippen molar-refractivity contribution < 1.29 is 9.53 Å². The van der Waals surface area contributed by atoms with Gasteiger partial charge in [-0.25, -0.2) is 0 Å². The van der Waals surface area contributed by atoms with E-state index in [1.807, 2.05) is 25.1 Å². The molecule has 1 saturated heterocycles. The Hall–Kier alpha value is -1.82. The van der Waals surface area contributed by atoms with Crippen molar-refractivity contribution in [2.75, 3.05) is 26.7 Å². The molecule has 1 heterocycles. The molecule has 0 aliphatic carbocycles. The fraction of sp³-hybridized carbons (Fsp3) is 0.500. The molecule has 0 amide bonds. The van der Waals surface area contributed by atoms with Crippen LogP contribution in [0.25, 0.3) is 0 Å². The largest absolute Gasteiger partial charge is 0.466 e. The Bertz CT molecular complexity index is 642. The summed E-state index contributed by atoms with van der Waals surface area (Å²) in [6.45, 7) is 4.32. The first kappa shape index (κ1) is 21.2. The fourth-order valence-corrected chi connectivity index (χ4v) is 2.89. The van der Waals surface area contributed by atoms with Crippen LogP contribution in [0.1, 0.15) is 30.9 Å². The summed E-state index contributed by atoms with van der Waals surface area (Å²) in [5.41, 5.74) is 1.67. The minimum Gasteiger partial charge on any atom is -0.466 e. The van der Waals surface area contributed by atoms with Gasteiger partial charge in [-0.2, -0.15) is 5.26 Å². The predicted molar refractivity (Wildman–Crippen MR) is 108 cm³/mol. The number of aliphatic imine (C=N–C) groups is 1. The summed E-state index contributed by atoms with van der Waals surface area (Å²) >= 11 is 0. The molecule has 0 bridgehead atoms. The van der Waals surface area contributed by atoms with Crippen LogP contribution in [-0.4, -0.2) is 43.6 Å². The SMILES string of the molecule is CCOC(=O)C1CCCN(C(=NC)NCc2cccc(C#N)c2)C1.I. The van der Waals surface area contributed by atoms with E-state index in [9.17, 15) is 4.79 Å². The topological polar surface area (TPSA) is 77.7 Å². The van der Waals surface area contributed by atoms with E-state index in [4.69, 9.17) is 10.00 Å². The Kier molecular flexibility index (Phi) is 9.27. The van der Waals surface area contributed by atoms with Gasteiger partial charge < -0.3 is 15.0 Å². The number of rotatable bonds is 4. The van der Waals surface area contributed by atoms with Crippen LogP contribution in [0.2, 0.25) is 0 Å². The van der Waals surface area contributed by atoms with E-state index >= 15 is 0 Å². The second kappa shape index (κ2) is 10.9. The summed E-state index contributed by atoms with van der Waals surface area (Å²) in [5, 5.41) is 12.3. The molecule has 1 atom stereocenters. The van der Waals surface area contributed by atoms with Crippen LogP contribution in [-0.2, 0) is 16.1 Å². The maximum Gasteiger partial charge on any atom is 0.310 e. The Morgan fingerprint density at radius 1 is 1.52 bits per heavy atom. The van der Waals surface area contributed by atoms with Crippen molar-refractivity contribution >= 4 is 35.9 Å². The molecule has 1 fully saturated rings. The van der Waals surface area contributed by atoms with Crippen molar-refractivity contribution in [3.05, 3.63) is 35.4 Å². The molecule has 0 aromatic heterocycles. The molecule has 1 unspecified atom stereocenters. The number of esters is 1. The van der Waals surface area contributed by atoms with Gasteiger partial charge in [0, 0.05) is 26.7 Å². The van der Waals surface area contributed by atoms with Gasteiger partial charge in [0.1, 0.15) is 0 Å². The van der Waals surface area contributed by atoms with Crippen LogP contribution in [0.15, 0.2) is 29.3 Å². The van der Waals surface area contributed by atoms with E-state index in [0.717, 1.165) is 30.9 Å². The smallest absolute Gasteiger partial charge is 0.310 e. The van der Waals surface area contributed by atoms with Gasteiger partial charge >= 0.3 is 5.97 Å². The third-order valence-electron chi connectivity index (χ3n) is 4.06. The molecule has 1 aromatic rings.